The molecule has 1 aliphatic rings. The van der Waals surface area contributed by atoms with Gasteiger partial charge in [0.15, 0.2) is 11.5 Å². The van der Waals surface area contributed by atoms with Crippen molar-refractivity contribution in [3.05, 3.63) is 17.2 Å². The molecule has 0 N–H and O–H groups in total. The van der Waals surface area contributed by atoms with Gasteiger partial charge >= 0.3 is 5.97 Å². The number of carbonyl (C=O) groups excluding carboxylic acids is 2. The molecule has 0 saturated carbocycles. The van der Waals surface area contributed by atoms with Crippen LogP contribution in [0.15, 0.2) is 6.07 Å². The van der Waals surface area contributed by atoms with Gasteiger partial charge in [-0.2, -0.15) is 5.26 Å². The van der Waals surface area contributed by atoms with Gasteiger partial charge in [0.2, 0.25) is 5.75 Å². The predicted molar refractivity (Wildman–Crippen MR) is 77.5 cm³/mol. The molecule has 1 aromatic rings. The summed E-state index contributed by atoms with van der Waals surface area (Å²) in [4.78, 5) is 25.3. The maximum Gasteiger partial charge on any atom is 0.325 e. The maximum absolute atomic E-state index is 12.7. The Morgan fingerprint density at radius 3 is 2.35 bits per heavy atom. The lowest BCUT2D eigenvalue weighted by Crippen LogP contribution is -2.33. The summed E-state index contributed by atoms with van der Waals surface area (Å²) < 4.78 is 20.3. The van der Waals surface area contributed by atoms with Gasteiger partial charge < -0.3 is 23.8 Å². The SMILES string of the molecule is COC(=O)CN1C(=O)c2c(cc(OC)c(OC)c2OC)C1C#N. The quantitative estimate of drug-likeness (QED) is 0.743. The first-order valence-electron chi connectivity index (χ1n) is 6.64. The Balaban J connectivity index is 2.64. The molecule has 1 aromatic carbocycles. The Morgan fingerprint density at radius 1 is 1.22 bits per heavy atom. The minimum absolute atomic E-state index is 0.166. The van der Waals surface area contributed by atoms with E-state index in [-0.39, 0.29) is 23.6 Å². The van der Waals surface area contributed by atoms with Crippen molar-refractivity contribution in [2.45, 2.75) is 6.04 Å². The Bertz CT molecular complexity index is 694. The number of hydrogen-bond donors (Lipinski definition) is 0. The van der Waals surface area contributed by atoms with E-state index in [1.54, 1.807) is 6.07 Å². The largest absolute Gasteiger partial charge is 0.493 e. The van der Waals surface area contributed by atoms with Gasteiger partial charge in [0.05, 0.1) is 40.1 Å². The zero-order valence-electron chi connectivity index (χ0n) is 13.2. The normalized spacial score (nSPS) is 15.7. The average molecular weight is 320 g/mol. The monoisotopic (exact) mass is 320 g/mol. The molecule has 0 radical (unpaired) electrons. The van der Waals surface area contributed by atoms with Gasteiger partial charge in [-0.3, -0.25) is 9.59 Å². The van der Waals surface area contributed by atoms with Crippen LogP contribution in [0.5, 0.6) is 17.2 Å². The number of fused-ring (bicyclic) bond motifs is 1. The molecular weight excluding hydrogens is 304 g/mol. The van der Waals surface area contributed by atoms with Crippen LogP contribution < -0.4 is 14.2 Å². The second kappa shape index (κ2) is 6.44. The lowest BCUT2D eigenvalue weighted by molar-refractivity contribution is -0.141. The summed E-state index contributed by atoms with van der Waals surface area (Å²) in [5.74, 6) is -0.381. The van der Waals surface area contributed by atoms with E-state index in [0.29, 0.717) is 11.3 Å². The zero-order chi connectivity index (χ0) is 17.1. The molecule has 0 spiro atoms. The summed E-state index contributed by atoms with van der Waals surface area (Å²) in [5, 5.41) is 9.43. The molecule has 23 heavy (non-hydrogen) atoms. The minimum Gasteiger partial charge on any atom is -0.493 e. The fraction of sp³-hybridized carbons (Fsp3) is 0.400. The van der Waals surface area contributed by atoms with Crippen molar-refractivity contribution in [3.8, 4) is 23.3 Å². The van der Waals surface area contributed by atoms with E-state index >= 15 is 0 Å². The lowest BCUT2D eigenvalue weighted by atomic mass is 10.0. The summed E-state index contributed by atoms with van der Waals surface area (Å²) in [7, 11) is 5.45. The summed E-state index contributed by atoms with van der Waals surface area (Å²) in [5.41, 5.74) is 0.580. The number of carbonyl (C=O) groups is 2. The summed E-state index contributed by atoms with van der Waals surface area (Å²) in [6.45, 7) is -0.337. The average Bonchev–Trinajstić information content (AvgIpc) is 2.84. The van der Waals surface area contributed by atoms with Gasteiger partial charge in [-0.05, 0) is 6.07 Å². The third-order valence-electron chi connectivity index (χ3n) is 3.59. The molecule has 1 aliphatic heterocycles. The first kappa shape index (κ1) is 16.4. The Hall–Kier alpha value is -2.95. The molecule has 2 rings (SSSR count). The molecule has 1 unspecified atom stereocenters. The molecule has 0 saturated heterocycles. The number of benzene rings is 1. The second-order valence-electron chi connectivity index (χ2n) is 4.65. The molecule has 8 heteroatoms. The molecule has 1 heterocycles. The van der Waals surface area contributed by atoms with Crippen molar-refractivity contribution in [2.24, 2.45) is 0 Å². The second-order valence-corrected chi connectivity index (χ2v) is 4.65. The number of methoxy groups -OCH3 is 4. The highest BCUT2D eigenvalue weighted by molar-refractivity contribution is 6.04. The van der Waals surface area contributed by atoms with Crippen LogP contribution in [0.2, 0.25) is 0 Å². The van der Waals surface area contributed by atoms with E-state index in [0.717, 1.165) is 4.90 Å². The molecular formula is C15H16N2O6. The van der Waals surface area contributed by atoms with Gasteiger partial charge in [0.1, 0.15) is 12.6 Å². The number of rotatable bonds is 5. The third-order valence-corrected chi connectivity index (χ3v) is 3.59. The van der Waals surface area contributed by atoms with Crippen molar-refractivity contribution in [1.82, 2.24) is 4.90 Å². The van der Waals surface area contributed by atoms with Crippen LogP contribution in [0.1, 0.15) is 22.0 Å². The summed E-state index contributed by atoms with van der Waals surface area (Å²) >= 11 is 0. The number of hydrogen-bond acceptors (Lipinski definition) is 7. The number of ether oxygens (including phenoxy) is 4. The van der Waals surface area contributed by atoms with Gasteiger partial charge in [0, 0.05) is 5.56 Å². The van der Waals surface area contributed by atoms with Crippen molar-refractivity contribution in [1.29, 1.82) is 5.26 Å². The van der Waals surface area contributed by atoms with Gasteiger partial charge in [-0.15, -0.1) is 0 Å². The first-order chi connectivity index (χ1) is 11.0. The van der Waals surface area contributed by atoms with Crippen molar-refractivity contribution in [3.63, 3.8) is 0 Å². The predicted octanol–water partition coefficient (Wildman–Crippen LogP) is 0.906. The molecule has 1 amide bonds. The number of esters is 1. The van der Waals surface area contributed by atoms with Crippen LogP contribution in [-0.2, 0) is 9.53 Å². The number of amides is 1. The van der Waals surface area contributed by atoms with E-state index in [1.807, 2.05) is 6.07 Å². The molecule has 0 bridgehead atoms. The smallest absolute Gasteiger partial charge is 0.325 e. The fourth-order valence-corrected chi connectivity index (χ4v) is 2.55. The summed E-state index contributed by atoms with van der Waals surface area (Å²) in [6.07, 6.45) is 0. The van der Waals surface area contributed by atoms with Gasteiger partial charge in [-0.1, -0.05) is 0 Å². The van der Waals surface area contributed by atoms with E-state index in [2.05, 4.69) is 4.74 Å². The summed E-state index contributed by atoms with van der Waals surface area (Å²) in [6, 6.07) is 2.62. The van der Waals surface area contributed by atoms with Crippen LogP contribution >= 0.6 is 0 Å². The van der Waals surface area contributed by atoms with Crippen molar-refractivity contribution < 1.29 is 28.5 Å². The highest BCUT2D eigenvalue weighted by atomic mass is 16.5. The number of nitrogens with zero attached hydrogens (tertiary/aromatic N) is 2. The lowest BCUT2D eigenvalue weighted by Gasteiger charge is -2.18. The molecule has 8 nitrogen and oxygen atoms in total. The third kappa shape index (κ3) is 2.50. The Kier molecular flexibility index (Phi) is 4.60. The standard InChI is InChI=1S/C15H16N2O6/c1-20-10-5-8-9(6-16)17(7-11(18)21-2)15(19)12(8)14(23-4)13(10)22-3/h5,9H,7H2,1-4H3. The highest BCUT2D eigenvalue weighted by Gasteiger charge is 2.42. The fourth-order valence-electron chi connectivity index (χ4n) is 2.55. The van der Waals surface area contributed by atoms with Crippen molar-refractivity contribution >= 4 is 11.9 Å². The van der Waals surface area contributed by atoms with Crippen LogP contribution in [0.25, 0.3) is 0 Å². The van der Waals surface area contributed by atoms with Crippen LogP contribution in [-0.4, -0.2) is 51.8 Å². The van der Waals surface area contributed by atoms with Crippen LogP contribution in [0.3, 0.4) is 0 Å². The highest BCUT2D eigenvalue weighted by Crippen LogP contribution is 2.48. The number of nitriles is 1. The molecule has 1 atom stereocenters. The van der Waals surface area contributed by atoms with E-state index in [9.17, 15) is 14.9 Å². The molecule has 122 valence electrons. The van der Waals surface area contributed by atoms with Crippen LogP contribution in [0.4, 0.5) is 0 Å². The zero-order valence-corrected chi connectivity index (χ0v) is 13.2. The van der Waals surface area contributed by atoms with Gasteiger partial charge in [0.25, 0.3) is 5.91 Å². The van der Waals surface area contributed by atoms with E-state index in [1.165, 1.54) is 28.4 Å². The molecule has 0 aliphatic carbocycles. The van der Waals surface area contributed by atoms with Crippen molar-refractivity contribution in [2.75, 3.05) is 35.0 Å². The minimum atomic E-state index is -0.940. The topological polar surface area (TPSA) is 98.1 Å². The first-order valence-corrected chi connectivity index (χ1v) is 6.64. The van der Waals surface area contributed by atoms with E-state index in [4.69, 9.17) is 14.2 Å². The van der Waals surface area contributed by atoms with Crippen LogP contribution in [0, 0.1) is 11.3 Å². The van der Waals surface area contributed by atoms with E-state index < -0.39 is 17.9 Å². The molecule has 0 aromatic heterocycles. The maximum atomic E-state index is 12.7. The Morgan fingerprint density at radius 2 is 1.87 bits per heavy atom. The molecule has 0 fully saturated rings. The van der Waals surface area contributed by atoms with Gasteiger partial charge in [-0.25, -0.2) is 0 Å². The Labute approximate surface area is 133 Å².